The van der Waals surface area contributed by atoms with Gasteiger partial charge >= 0.3 is 0 Å². The van der Waals surface area contributed by atoms with Gasteiger partial charge in [0.15, 0.2) is 0 Å². The Morgan fingerprint density at radius 3 is 2.53 bits per heavy atom. The van der Waals surface area contributed by atoms with Crippen LogP contribution in [0.1, 0.15) is 101 Å². The summed E-state index contributed by atoms with van der Waals surface area (Å²) >= 11 is 0. The van der Waals surface area contributed by atoms with E-state index in [4.69, 9.17) is 4.98 Å². The lowest BCUT2D eigenvalue weighted by atomic mass is 9.92. The van der Waals surface area contributed by atoms with Crippen LogP contribution >= 0.6 is 0 Å². The number of aromatic amines is 1. The number of allylic oxidation sites excluding steroid dienone is 5. The standard InChI is InChI=1S/C40H52N4O/c1-10-15-18-22-34-27-38(33(14-5)26-37(34)30(6)12-3)39-28-42-40(43-39)35(25-36(45)29-44(8)9)23-20-17-19-21-32(13-4)31(7)41-24-16-11-2/h11,14,16,18,22,24,26-28,35H,2-5,10,15,17,19-21,23,25,29H2,1,6-9H3,(H,42,43)/b22-18-,24-16-,41-31?. The first-order valence-corrected chi connectivity index (χ1v) is 16.0. The molecule has 2 aromatic rings. The van der Waals surface area contributed by atoms with Crippen LogP contribution < -0.4 is 0 Å². The highest BCUT2D eigenvalue weighted by atomic mass is 16.1. The number of carbonyl (C=O) groups is 1. The molecule has 45 heavy (non-hydrogen) atoms. The number of nitrogens with zero attached hydrogens (tertiary/aromatic N) is 3. The predicted molar refractivity (Wildman–Crippen MR) is 195 cm³/mol. The number of Topliss-reactive ketones (excluding diaryl/α,β-unsaturated/α-hetero) is 1. The second kappa shape index (κ2) is 19.9. The fraction of sp³-hybridized carbons (Fsp3) is 0.375. The Labute approximate surface area is 272 Å². The van der Waals surface area contributed by atoms with Gasteiger partial charge in [0.05, 0.1) is 18.4 Å². The molecule has 0 aliphatic rings. The Kier molecular flexibility index (Phi) is 16.3. The van der Waals surface area contributed by atoms with E-state index in [1.165, 1.54) is 0 Å². The zero-order valence-corrected chi connectivity index (χ0v) is 28.2. The summed E-state index contributed by atoms with van der Waals surface area (Å²) in [6.45, 7) is 22.1. The maximum absolute atomic E-state index is 13.0. The summed E-state index contributed by atoms with van der Waals surface area (Å²) in [4.78, 5) is 27.7. The Hall–Kier alpha value is -4.27. The van der Waals surface area contributed by atoms with Gasteiger partial charge in [-0.1, -0.05) is 76.8 Å². The number of carbonyl (C=O) groups excluding carboxylic acids is 1. The number of aromatic nitrogens is 2. The molecule has 1 unspecified atom stereocenters. The molecule has 0 fully saturated rings. The zero-order chi connectivity index (χ0) is 33.2. The van der Waals surface area contributed by atoms with E-state index < -0.39 is 0 Å². The van der Waals surface area contributed by atoms with Crippen LogP contribution in [0.5, 0.6) is 0 Å². The second-order valence-corrected chi connectivity index (χ2v) is 11.6. The molecule has 0 amide bonds. The third-order valence-electron chi connectivity index (χ3n) is 7.72. The molecule has 0 radical (unpaired) electrons. The number of unbranched alkanes of at least 4 members (excludes halogenated alkanes) is 3. The molecule has 1 heterocycles. The summed E-state index contributed by atoms with van der Waals surface area (Å²) in [5, 5.41) is 0. The first kappa shape index (κ1) is 36.9. The topological polar surface area (TPSA) is 61.4 Å². The minimum atomic E-state index is 0.00859. The zero-order valence-electron chi connectivity index (χ0n) is 28.2. The van der Waals surface area contributed by atoms with Crippen LogP contribution in [0, 0.1) is 0 Å². The van der Waals surface area contributed by atoms with Gasteiger partial charge in [-0.25, -0.2) is 4.98 Å². The molecular formula is C40H52N4O. The molecule has 5 nitrogen and oxygen atoms in total. The van der Waals surface area contributed by atoms with E-state index >= 15 is 0 Å². The molecule has 0 aliphatic heterocycles. The SMILES string of the molecule is C=C=C(CCCCCC(CC(=O)CN(C)C)c1ncc(-c2cc(/C=C\CCC)c(C(C)=C=C)cc2C=C)[nH]1)C(C)=N/C=C\C=C. The molecule has 0 saturated heterocycles. The Morgan fingerprint density at radius 2 is 1.89 bits per heavy atom. The third kappa shape index (κ3) is 12.0. The number of benzene rings is 1. The Balaban J connectivity index is 2.31. The maximum Gasteiger partial charge on any atom is 0.147 e. The highest BCUT2D eigenvalue weighted by Crippen LogP contribution is 2.33. The van der Waals surface area contributed by atoms with Crippen LogP contribution in [0.4, 0.5) is 0 Å². The van der Waals surface area contributed by atoms with E-state index in [1.807, 2.05) is 45.1 Å². The van der Waals surface area contributed by atoms with Gasteiger partial charge in [0.2, 0.25) is 0 Å². The lowest BCUT2D eigenvalue weighted by molar-refractivity contribution is -0.120. The number of ketones is 1. The van der Waals surface area contributed by atoms with Crippen LogP contribution in [0.15, 0.2) is 91.1 Å². The summed E-state index contributed by atoms with van der Waals surface area (Å²) < 4.78 is 0. The smallest absolute Gasteiger partial charge is 0.147 e. The van der Waals surface area contributed by atoms with Crippen molar-refractivity contribution < 1.29 is 4.79 Å². The van der Waals surface area contributed by atoms with E-state index in [0.29, 0.717) is 13.0 Å². The molecular weight excluding hydrogens is 552 g/mol. The quantitative estimate of drug-likeness (QED) is 0.0708. The minimum Gasteiger partial charge on any atom is -0.342 e. The van der Waals surface area contributed by atoms with E-state index in [0.717, 1.165) is 95.6 Å². The largest absolute Gasteiger partial charge is 0.342 e. The van der Waals surface area contributed by atoms with Gasteiger partial charge in [-0.3, -0.25) is 9.79 Å². The van der Waals surface area contributed by atoms with Crippen molar-refractivity contribution in [1.29, 1.82) is 0 Å². The fourth-order valence-electron chi connectivity index (χ4n) is 5.24. The summed E-state index contributed by atoms with van der Waals surface area (Å²) in [5.74, 6) is 1.07. The molecule has 1 atom stereocenters. The number of likely N-dealkylation sites (N-methyl/N-ethyl adjacent to an activating group) is 1. The van der Waals surface area contributed by atoms with Crippen LogP contribution in [0.3, 0.4) is 0 Å². The summed E-state index contributed by atoms with van der Waals surface area (Å²) in [5.41, 5.74) is 14.2. The van der Waals surface area contributed by atoms with Gasteiger partial charge < -0.3 is 9.88 Å². The third-order valence-corrected chi connectivity index (χ3v) is 7.72. The average molecular weight is 605 g/mol. The van der Waals surface area contributed by atoms with Gasteiger partial charge in [-0.15, -0.1) is 11.5 Å². The predicted octanol–water partition coefficient (Wildman–Crippen LogP) is 10.1. The van der Waals surface area contributed by atoms with Crippen molar-refractivity contribution in [2.75, 3.05) is 20.6 Å². The van der Waals surface area contributed by atoms with Gasteiger partial charge in [-0.2, -0.15) is 0 Å². The molecule has 0 bridgehead atoms. The normalized spacial score (nSPS) is 12.4. The van der Waals surface area contributed by atoms with Gasteiger partial charge in [0.1, 0.15) is 11.6 Å². The molecule has 0 saturated carbocycles. The van der Waals surface area contributed by atoms with Crippen LogP contribution in [-0.2, 0) is 4.79 Å². The monoisotopic (exact) mass is 604 g/mol. The second-order valence-electron chi connectivity index (χ2n) is 11.6. The Morgan fingerprint density at radius 1 is 1.11 bits per heavy atom. The number of hydrogen-bond donors (Lipinski definition) is 1. The summed E-state index contributed by atoms with van der Waals surface area (Å²) in [6, 6.07) is 4.33. The molecule has 5 heteroatoms. The van der Waals surface area contributed by atoms with Crippen LogP contribution in [0.25, 0.3) is 29.0 Å². The molecule has 0 spiro atoms. The van der Waals surface area contributed by atoms with E-state index in [9.17, 15) is 4.79 Å². The van der Waals surface area contributed by atoms with Crippen LogP contribution in [-0.4, -0.2) is 47.0 Å². The van der Waals surface area contributed by atoms with Gasteiger partial charge in [0.25, 0.3) is 0 Å². The molecule has 1 aromatic carbocycles. The Bertz CT molecular complexity index is 1500. The molecule has 0 aliphatic carbocycles. The number of H-pyrrole nitrogens is 1. The molecule has 1 N–H and O–H groups in total. The van der Waals surface area contributed by atoms with E-state index in [1.54, 1.807) is 18.4 Å². The van der Waals surface area contributed by atoms with E-state index in [-0.39, 0.29) is 11.7 Å². The number of hydrogen-bond acceptors (Lipinski definition) is 4. The van der Waals surface area contributed by atoms with Crippen molar-refractivity contribution in [2.45, 2.75) is 78.1 Å². The van der Waals surface area contributed by atoms with Gasteiger partial charge in [0, 0.05) is 35.4 Å². The van der Waals surface area contributed by atoms with Gasteiger partial charge in [-0.05, 0) is 94.1 Å². The van der Waals surface area contributed by atoms with Crippen molar-refractivity contribution in [3.8, 4) is 11.3 Å². The van der Waals surface area contributed by atoms with Crippen molar-refractivity contribution in [1.82, 2.24) is 14.9 Å². The summed E-state index contributed by atoms with van der Waals surface area (Å²) in [7, 11) is 3.86. The summed E-state index contributed by atoms with van der Waals surface area (Å²) in [6.07, 6.45) is 20.7. The molecule has 2 rings (SSSR count). The van der Waals surface area contributed by atoms with Crippen molar-refractivity contribution in [3.05, 3.63) is 109 Å². The number of aliphatic imine (C=N–C) groups is 1. The lowest BCUT2D eigenvalue weighted by Crippen LogP contribution is -2.23. The van der Waals surface area contributed by atoms with Crippen molar-refractivity contribution in [2.24, 2.45) is 4.99 Å². The van der Waals surface area contributed by atoms with E-state index in [2.05, 4.69) is 79.0 Å². The fourth-order valence-corrected chi connectivity index (χ4v) is 5.24. The first-order chi connectivity index (χ1) is 21.7. The number of nitrogens with one attached hydrogen (secondary N) is 1. The average Bonchev–Trinajstić information content (AvgIpc) is 3.51. The molecule has 238 valence electrons. The molecule has 1 aromatic heterocycles. The van der Waals surface area contributed by atoms with Crippen molar-refractivity contribution >= 4 is 29.2 Å². The number of rotatable bonds is 20. The maximum atomic E-state index is 13.0. The minimum absolute atomic E-state index is 0.00859. The number of imidazole rings is 1. The lowest BCUT2D eigenvalue weighted by Gasteiger charge is -2.16. The highest BCUT2D eigenvalue weighted by Gasteiger charge is 2.21. The van der Waals surface area contributed by atoms with Crippen molar-refractivity contribution in [3.63, 3.8) is 0 Å². The highest BCUT2D eigenvalue weighted by molar-refractivity contribution is 5.98. The van der Waals surface area contributed by atoms with Crippen LogP contribution in [0.2, 0.25) is 0 Å². The first-order valence-electron chi connectivity index (χ1n) is 16.0.